The van der Waals surface area contributed by atoms with Gasteiger partial charge in [-0.25, -0.2) is 18.3 Å². The van der Waals surface area contributed by atoms with Gasteiger partial charge in [-0.05, 0) is 80.0 Å². The molecule has 10 nitrogen and oxygen atoms in total. The van der Waals surface area contributed by atoms with Gasteiger partial charge in [0.1, 0.15) is 17.2 Å². The molecule has 2 aromatic carbocycles. The minimum atomic E-state index is -4.94. The lowest BCUT2D eigenvalue weighted by Gasteiger charge is -2.24. The van der Waals surface area contributed by atoms with Crippen molar-refractivity contribution in [3.05, 3.63) is 99.0 Å². The van der Waals surface area contributed by atoms with Gasteiger partial charge in [0.25, 0.3) is 17.7 Å². The van der Waals surface area contributed by atoms with Crippen molar-refractivity contribution in [3.8, 4) is 0 Å². The second kappa shape index (κ2) is 12.4. The Morgan fingerprint density at radius 2 is 1.77 bits per heavy atom. The number of fused-ring (bicyclic) bond motifs is 2. The van der Waals surface area contributed by atoms with Crippen LogP contribution in [0.3, 0.4) is 0 Å². The van der Waals surface area contributed by atoms with Crippen LogP contribution in [-0.4, -0.2) is 55.6 Å². The van der Waals surface area contributed by atoms with Gasteiger partial charge in [-0.1, -0.05) is 12.1 Å². The standard InChI is InChI=1S/C33H29F5N6O4/c1-16-19-8-10-25(21(19)7-6-20(16)32(48)43-11-3-4-27(43)17(2)45)42-31(47)28-13-26(41-29-24(35)15-40-44(28)29)30(46)39-14-18-5-9-23(34)22(12-18)33(36,37)38/h5-7,9,12-13,15,25,27H,3-4,8,10-11,14H2,1-2H3,(H,39,46)(H,42,47)/t25-,27+/m0/s1. The summed E-state index contributed by atoms with van der Waals surface area (Å²) in [6, 6.07) is 5.88. The van der Waals surface area contributed by atoms with Gasteiger partial charge < -0.3 is 15.5 Å². The van der Waals surface area contributed by atoms with Crippen LogP contribution in [0, 0.1) is 18.6 Å². The molecule has 1 aliphatic heterocycles. The first kappa shape index (κ1) is 32.7. The van der Waals surface area contributed by atoms with Gasteiger partial charge in [-0.2, -0.15) is 18.3 Å². The Kier molecular flexibility index (Phi) is 8.47. The van der Waals surface area contributed by atoms with Gasteiger partial charge in [0.15, 0.2) is 17.2 Å². The average molecular weight is 669 g/mol. The number of nitrogens with one attached hydrogen (secondary N) is 2. The molecule has 2 aromatic heterocycles. The number of Topliss-reactive ketones (excluding diaryl/α,β-unsaturated/α-hetero) is 1. The van der Waals surface area contributed by atoms with Crippen LogP contribution in [0.15, 0.2) is 42.6 Å². The predicted molar refractivity (Wildman–Crippen MR) is 160 cm³/mol. The lowest BCUT2D eigenvalue weighted by molar-refractivity contribution is -0.140. The Hall–Kier alpha value is -5.21. The highest BCUT2D eigenvalue weighted by Crippen LogP contribution is 2.36. The second-order valence-corrected chi connectivity index (χ2v) is 11.9. The average Bonchev–Trinajstić information content (AvgIpc) is 3.79. The number of benzene rings is 2. The molecule has 3 amide bonds. The zero-order valence-electron chi connectivity index (χ0n) is 25.8. The van der Waals surface area contributed by atoms with Gasteiger partial charge in [0.2, 0.25) is 0 Å². The van der Waals surface area contributed by atoms with E-state index in [0.29, 0.717) is 43.5 Å². The highest BCUT2D eigenvalue weighted by molar-refractivity contribution is 6.00. The quantitative estimate of drug-likeness (QED) is 0.271. The van der Waals surface area contributed by atoms with E-state index >= 15 is 0 Å². The highest BCUT2D eigenvalue weighted by atomic mass is 19.4. The van der Waals surface area contributed by atoms with Crippen LogP contribution in [0.1, 0.15) is 91.4 Å². The summed E-state index contributed by atoms with van der Waals surface area (Å²) in [4.78, 5) is 57.6. The summed E-state index contributed by atoms with van der Waals surface area (Å²) in [7, 11) is 0. The summed E-state index contributed by atoms with van der Waals surface area (Å²) in [6.07, 6.45) is -1.70. The highest BCUT2D eigenvalue weighted by Gasteiger charge is 2.36. The van der Waals surface area contributed by atoms with E-state index < -0.39 is 65.2 Å². The number of amides is 3. The first-order chi connectivity index (χ1) is 22.7. The Labute approximate surface area is 270 Å². The normalized spacial score (nSPS) is 17.4. The summed E-state index contributed by atoms with van der Waals surface area (Å²) >= 11 is 0. The first-order valence-corrected chi connectivity index (χ1v) is 15.2. The summed E-state index contributed by atoms with van der Waals surface area (Å²) in [5, 5.41) is 9.13. The maximum atomic E-state index is 14.6. The minimum Gasteiger partial charge on any atom is -0.347 e. The topological polar surface area (TPSA) is 126 Å². The van der Waals surface area contributed by atoms with Crippen LogP contribution in [0.4, 0.5) is 22.0 Å². The van der Waals surface area contributed by atoms with E-state index in [0.717, 1.165) is 46.0 Å². The maximum absolute atomic E-state index is 14.6. The van der Waals surface area contributed by atoms with Crippen molar-refractivity contribution in [1.29, 1.82) is 0 Å². The fourth-order valence-electron chi connectivity index (χ4n) is 6.47. The third-order valence-corrected chi connectivity index (χ3v) is 8.90. The van der Waals surface area contributed by atoms with Crippen LogP contribution in [0.25, 0.3) is 5.65 Å². The number of nitrogens with zero attached hydrogens (tertiary/aromatic N) is 4. The van der Waals surface area contributed by atoms with Crippen LogP contribution >= 0.6 is 0 Å². The number of carbonyl (C=O) groups is 4. The zero-order valence-corrected chi connectivity index (χ0v) is 25.8. The molecule has 2 aliphatic rings. The van der Waals surface area contributed by atoms with Crippen LogP contribution < -0.4 is 10.6 Å². The van der Waals surface area contributed by atoms with Crippen LogP contribution in [-0.2, 0) is 23.9 Å². The summed E-state index contributed by atoms with van der Waals surface area (Å²) in [5.74, 6) is -4.28. The van der Waals surface area contributed by atoms with Crippen molar-refractivity contribution < 1.29 is 41.1 Å². The minimum absolute atomic E-state index is 0.0502. The van der Waals surface area contributed by atoms with E-state index in [2.05, 4.69) is 20.7 Å². The molecule has 0 saturated carbocycles. The summed E-state index contributed by atoms with van der Waals surface area (Å²) < 4.78 is 68.6. The number of halogens is 5. The fraction of sp³-hybridized carbons (Fsp3) is 0.333. The number of hydrogen-bond donors (Lipinski definition) is 2. The van der Waals surface area contributed by atoms with Gasteiger partial charge in [-0.3, -0.25) is 19.2 Å². The van der Waals surface area contributed by atoms with E-state index in [1.165, 1.54) is 6.92 Å². The van der Waals surface area contributed by atoms with E-state index in [9.17, 15) is 41.1 Å². The van der Waals surface area contributed by atoms with Crippen molar-refractivity contribution in [3.63, 3.8) is 0 Å². The molecular weight excluding hydrogens is 639 g/mol. The number of rotatable bonds is 7. The smallest absolute Gasteiger partial charge is 0.347 e. The molecule has 2 atom stereocenters. The van der Waals surface area contributed by atoms with Crippen molar-refractivity contribution in [2.24, 2.45) is 0 Å². The molecule has 6 rings (SSSR count). The Morgan fingerprint density at radius 3 is 2.50 bits per heavy atom. The van der Waals surface area contributed by atoms with Crippen LogP contribution in [0.2, 0.25) is 0 Å². The largest absolute Gasteiger partial charge is 0.419 e. The third-order valence-electron chi connectivity index (χ3n) is 8.90. The molecule has 1 saturated heterocycles. The molecule has 0 spiro atoms. The molecular formula is C33H29F5N6O4. The van der Waals surface area contributed by atoms with Crippen molar-refractivity contribution in [2.45, 2.75) is 64.3 Å². The molecule has 48 heavy (non-hydrogen) atoms. The predicted octanol–water partition coefficient (Wildman–Crippen LogP) is 4.88. The number of ketones is 1. The van der Waals surface area contributed by atoms with E-state index in [-0.39, 0.29) is 22.9 Å². The first-order valence-electron chi connectivity index (χ1n) is 15.2. The van der Waals surface area contributed by atoms with Gasteiger partial charge in [-0.15, -0.1) is 0 Å². The van der Waals surface area contributed by atoms with Crippen molar-refractivity contribution >= 4 is 29.2 Å². The van der Waals surface area contributed by atoms with Gasteiger partial charge in [0, 0.05) is 24.7 Å². The van der Waals surface area contributed by atoms with E-state index in [4.69, 9.17) is 0 Å². The molecule has 2 N–H and O–H groups in total. The molecule has 250 valence electrons. The Morgan fingerprint density at radius 1 is 1.00 bits per heavy atom. The summed E-state index contributed by atoms with van der Waals surface area (Å²) in [5.41, 5.74) is 0.330. The lowest BCUT2D eigenvalue weighted by atomic mass is 9.96. The Balaban J connectivity index is 1.22. The number of carbonyl (C=O) groups excluding carboxylic acids is 4. The molecule has 1 aliphatic carbocycles. The van der Waals surface area contributed by atoms with E-state index in [1.807, 2.05) is 6.92 Å². The van der Waals surface area contributed by atoms with Gasteiger partial charge >= 0.3 is 6.18 Å². The SMILES string of the molecule is CC(=O)[C@H]1CCCN1C(=O)c1ccc2c(c1C)CC[C@@H]2NC(=O)c1cc(C(=O)NCc2ccc(F)c(C(F)(F)F)c2)nc2c(F)cnn12. The molecule has 0 bridgehead atoms. The molecule has 15 heteroatoms. The van der Waals surface area contributed by atoms with Crippen molar-refractivity contribution in [2.75, 3.05) is 6.54 Å². The fourth-order valence-corrected chi connectivity index (χ4v) is 6.47. The van der Waals surface area contributed by atoms with Crippen LogP contribution in [0.5, 0.6) is 0 Å². The number of alkyl halides is 3. The van der Waals surface area contributed by atoms with Crippen molar-refractivity contribution in [1.82, 2.24) is 30.1 Å². The second-order valence-electron chi connectivity index (χ2n) is 11.9. The molecule has 0 unspecified atom stereocenters. The number of likely N-dealkylation sites (tertiary alicyclic amines) is 1. The molecule has 0 radical (unpaired) electrons. The zero-order chi connectivity index (χ0) is 34.5. The van der Waals surface area contributed by atoms with Gasteiger partial charge in [0.05, 0.1) is 23.8 Å². The van der Waals surface area contributed by atoms with E-state index in [1.54, 1.807) is 17.0 Å². The maximum Gasteiger partial charge on any atom is 0.419 e. The molecule has 3 heterocycles. The monoisotopic (exact) mass is 668 g/mol. The molecule has 1 fully saturated rings. The number of aromatic nitrogens is 3. The number of hydrogen-bond acceptors (Lipinski definition) is 6. The Bertz CT molecular complexity index is 1990. The lowest BCUT2D eigenvalue weighted by Crippen LogP contribution is -2.39. The third kappa shape index (κ3) is 6.00. The summed E-state index contributed by atoms with van der Waals surface area (Å²) in [6.45, 7) is 3.37. The molecule has 4 aromatic rings.